The summed E-state index contributed by atoms with van der Waals surface area (Å²) in [7, 11) is 0. The van der Waals surface area contributed by atoms with Crippen LogP contribution in [0.15, 0.2) is 18.2 Å². The first-order valence-corrected chi connectivity index (χ1v) is 9.98. The van der Waals surface area contributed by atoms with Gasteiger partial charge in [-0.15, -0.1) is 0 Å². The number of aryl methyl sites for hydroxylation is 2. The lowest BCUT2D eigenvalue weighted by atomic mass is 9.97. The minimum absolute atomic E-state index is 0.0778. The zero-order valence-corrected chi connectivity index (χ0v) is 17.3. The van der Waals surface area contributed by atoms with E-state index in [1.165, 1.54) is 0 Å². The van der Waals surface area contributed by atoms with Crippen LogP contribution in [0.2, 0.25) is 0 Å². The van der Waals surface area contributed by atoms with Crippen molar-refractivity contribution in [1.82, 2.24) is 5.32 Å². The highest BCUT2D eigenvalue weighted by Gasteiger charge is 2.34. The van der Waals surface area contributed by atoms with E-state index in [1.54, 1.807) is 6.92 Å². The van der Waals surface area contributed by atoms with Gasteiger partial charge in [0.15, 0.2) is 6.04 Å². The molecular formula is C21H32N3O4+. The number of carbonyl (C=O) groups is 3. The first-order chi connectivity index (χ1) is 13.3. The molecule has 0 aliphatic carbocycles. The minimum Gasteiger partial charge on any atom is -0.466 e. The summed E-state index contributed by atoms with van der Waals surface area (Å²) in [6.07, 6.45) is 1.68. The normalized spacial score (nSPS) is 20.1. The Labute approximate surface area is 166 Å². The van der Waals surface area contributed by atoms with E-state index < -0.39 is 0 Å². The second-order valence-corrected chi connectivity index (χ2v) is 7.46. The van der Waals surface area contributed by atoms with Crippen molar-refractivity contribution in [3.05, 3.63) is 29.3 Å². The van der Waals surface area contributed by atoms with E-state index in [9.17, 15) is 14.4 Å². The lowest BCUT2D eigenvalue weighted by molar-refractivity contribution is -0.921. The predicted molar refractivity (Wildman–Crippen MR) is 107 cm³/mol. The van der Waals surface area contributed by atoms with Crippen molar-refractivity contribution in [2.45, 2.75) is 46.6 Å². The second-order valence-electron chi connectivity index (χ2n) is 7.46. The van der Waals surface area contributed by atoms with E-state index in [4.69, 9.17) is 4.74 Å². The van der Waals surface area contributed by atoms with Gasteiger partial charge in [-0.3, -0.25) is 14.4 Å². The third kappa shape index (κ3) is 5.79. The lowest BCUT2D eigenvalue weighted by Gasteiger charge is -2.32. The van der Waals surface area contributed by atoms with Crippen LogP contribution in [0.25, 0.3) is 0 Å². The van der Waals surface area contributed by atoms with Crippen molar-refractivity contribution in [2.75, 3.05) is 31.6 Å². The van der Waals surface area contributed by atoms with Crippen LogP contribution in [-0.4, -0.2) is 50.1 Å². The molecule has 2 amide bonds. The van der Waals surface area contributed by atoms with Crippen LogP contribution < -0.4 is 15.5 Å². The fourth-order valence-electron chi connectivity index (χ4n) is 3.65. The van der Waals surface area contributed by atoms with E-state index in [-0.39, 0.29) is 36.3 Å². The van der Waals surface area contributed by atoms with Gasteiger partial charge in [0.1, 0.15) is 5.92 Å². The quantitative estimate of drug-likeness (QED) is 0.595. The number of hydrogen-bond donors (Lipinski definition) is 3. The van der Waals surface area contributed by atoms with Crippen LogP contribution in [-0.2, 0) is 19.1 Å². The largest absolute Gasteiger partial charge is 0.466 e. The van der Waals surface area contributed by atoms with E-state index in [0.717, 1.165) is 41.1 Å². The monoisotopic (exact) mass is 390 g/mol. The summed E-state index contributed by atoms with van der Waals surface area (Å²) in [5, 5.41) is 5.59. The van der Waals surface area contributed by atoms with Gasteiger partial charge in [0.05, 0.1) is 26.2 Å². The van der Waals surface area contributed by atoms with Crippen molar-refractivity contribution >= 4 is 23.5 Å². The summed E-state index contributed by atoms with van der Waals surface area (Å²) in [5.41, 5.74) is 2.75. The standard InChI is InChI=1S/C21H31N3O4/c1-5-28-21(27)17-10-7-11-24(13-17)16(4)20(26)22-12-18(25)23-19-14(2)8-6-9-15(19)3/h6,8-9,16-17H,5,7,10-13H2,1-4H3,(H,22,26)(H,23,25)/p+1/t16-,17-/m0/s1. The zero-order valence-electron chi connectivity index (χ0n) is 17.3. The number of anilines is 1. The van der Waals surface area contributed by atoms with E-state index in [0.29, 0.717) is 13.2 Å². The third-order valence-electron chi connectivity index (χ3n) is 5.35. The molecule has 154 valence electrons. The molecule has 7 nitrogen and oxygen atoms in total. The molecule has 1 heterocycles. The Kier molecular flexibility index (Phi) is 7.99. The maximum atomic E-state index is 12.5. The molecule has 2 rings (SSSR count). The number of para-hydroxylation sites is 1. The van der Waals surface area contributed by atoms with Crippen LogP contribution in [0.5, 0.6) is 0 Å². The molecule has 1 fully saturated rings. The van der Waals surface area contributed by atoms with Crippen molar-refractivity contribution in [3.8, 4) is 0 Å². The van der Waals surface area contributed by atoms with Crippen LogP contribution in [0, 0.1) is 19.8 Å². The van der Waals surface area contributed by atoms with E-state index in [1.807, 2.05) is 39.0 Å². The Hall–Kier alpha value is -2.41. The second kappa shape index (κ2) is 10.2. The number of esters is 1. The molecule has 1 aromatic rings. The van der Waals surface area contributed by atoms with Gasteiger partial charge in [0.2, 0.25) is 5.91 Å². The molecule has 3 atom stereocenters. The number of quaternary nitrogens is 1. The number of likely N-dealkylation sites (tertiary alicyclic amines) is 1. The van der Waals surface area contributed by atoms with Gasteiger partial charge in [-0.25, -0.2) is 0 Å². The number of nitrogens with one attached hydrogen (secondary N) is 3. The van der Waals surface area contributed by atoms with Crippen molar-refractivity contribution < 1.29 is 24.0 Å². The van der Waals surface area contributed by atoms with Gasteiger partial charge in [-0.1, -0.05) is 18.2 Å². The Morgan fingerprint density at radius 3 is 2.57 bits per heavy atom. The molecule has 0 spiro atoms. The topological polar surface area (TPSA) is 88.9 Å². The predicted octanol–water partition coefficient (Wildman–Crippen LogP) is 0.605. The lowest BCUT2D eigenvalue weighted by Crippen LogP contribution is -3.18. The van der Waals surface area contributed by atoms with Crippen LogP contribution in [0.4, 0.5) is 5.69 Å². The van der Waals surface area contributed by atoms with Crippen LogP contribution in [0.1, 0.15) is 37.8 Å². The highest BCUT2D eigenvalue weighted by Crippen LogP contribution is 2.19. The summed E-state index contributed by atoms with van der Waals surface area (Å²) >= 11 is 0. The SMILES string of the molecule is CCOC(=O)[C@H]1CCC[NH+]([C@@H](C)C(=O)NCC(=O)Nc2c(C)cccc2C)C1. The molecule has 28 heavy (non-hydrogen) atoms. The molecule has 0 radical (unpaired) electrons. The molecule has 1 aliphatic rings. The van der Waals surface area contributed by atoms with Gasteiger partial charge in [-0.2, -0.15) is 0 Å². The molecule has 0 aromatic heterocycles. The number of benzene rings is 1. The summed E-state index contributed by atoms with van der Waals surface area (Å²) in [6, 6.07) is 5.48. The van der Waals surface area contributed by atoms with Gasteiger partial charge < -0.3 is 20.3 Å². The maximum absolute atomic E-state index is 12.5. The van der Waals surface area contributed by atoms with Crippen LogP contribution in [0.3, 0.4) is 0 Å². The van der Waals surface area contributed by atoms with Crippen molar-refractivity contribution in [2.24, 2.45) is 5.92 Å². The molecule has 1 aromatic carbocycles. The molecule has 3 N–H and O–H groups in total. The Morgan fingerprint density at radius 2 is 1.93 bits per heavy atom. The number of rotatable bonds is 7. The highest BCUT2D eigenvalue weighted by molar-refractivity contribution is 5.96. The molecule has 7 heteroatoms. The molecule has 1 unspecified atom stereocenters. The first kappa shape index (κ1) is 21.9. The number of carbonyl (C=O) groups excluding carboxylic acids is 3. The molecular weight excluding hydrogens is 358 g/mol. The summed E-state index contributed by atoms with van der Waals surface area (Å²) in [5.74, 6) is -0.779. The van der Waals surface area contributed by atoms with Crippen molar-refractivity contribution in [3.63, 3.8) is 0 Å². The zero-order chi connectivity index (χ0) is 20.7. The fraction of sp³-hybridized carbons (Fsp3) is 0.571. The average Bonchev–Trinajstić information content (AvgIpc) is 2.68. The van der Waals surface area contributed by atoms with Gasteiger partial charge >= 0.3 is 5.97 Å². The number of piperidine rings is 1. The van der Waals surface area contributed by atoms with Gasteiger partial charge in [-0.05, 0) is 51.7 Å². The molecule has 1 saturated heterocycles. The average molecular weight is 391 g/mol. The first-order valence-electron chi connectivity index (χ1n) is 9.98. The fourth-order valence-corrected chi connectivity index (χ4v) is 3.65. The Bertz CT molecular complexity index is 699. The number of ether oxygens (including phenoxy) is 1. The summed E-state index contributed by atoms with van der Waals surface area (Å²) < 4.78 is 5.12. The number of hydrogen-bond acceptors (Lipinski definition) is 4. The smallest absolute Gasteiger partial charge is 0.314 e. The maximum Gasteiger partial charge on any atom is 0.314 e. The van der Waals surface area contributed by atoms with E-state index >= 15 is 0 Å². The van der Waals surface area contributed by atoms with E-state index in [2.05, 4.69) is 10.6 Å². The molecule has 0 saturated carbocycles. The van der Waals surface area contributed by atoms with Crippen LogP contribution >= 0.6 is 0 Å². The Morgan fingerprint density at radius 1 is 1.25 bits per heavy atom. The van der Waals surface area contributed by atoms with Crippen molar-refractivity contribution in [1.29, 1.82) is 0 Å². The Balaban J connectivity index is 1.85. The minimum atomic E-state index is -0.328. The third-order valence-corrected chi connectivity index (χ3v) is 5.35. The van der Waals surface area contributed by atoms with Gasteiger partial charge in [0, 0.05) is 5.69 Å². The number of amides is 2. The summed E-state index contributed by atoms with van der Waals surface area (Å²) in [6.45, 7) is 9.21. The highest BCUT2D eigenvalue weighted by atomic mass is 16.5. The summed E-state index contributed by atoms with van der Waals surface area (Å²) in [4.78, 5) is 37.8. The van der Waals surface area contributed by atoms with Gasteiger partial charge in [0.25, 0.3) is 5.91 Å². The molecule has 1 aliphatic heterocycles. The molecule has 0 bridgehead atoms.